The Morgan fingerprint density at radius 3 is 1.49 bits per heavy atom. The van der Waals surface area contributed by atoms with Crippen LogP contribution in [0.2, 0.25) is 0 Å². The Hall–Kier alpha value is -2.70. The van der Waals surface area contributed by atoms with Crippen LogP contribution < -0.4 is 5.32 Å². The Bertz CT molecular complexity index is 1110. The lowest BCUT2D eigenvalue weighted by Gasteiger charge is -2.23. The van der Waals surface area contributed by atoms with Crippen LogP contribution in [0.5, 0.6) is 0 Å². The summed E-state index contributed by atoms with van der Waals surface area (Å²) in [5, 5.41) is 23.7. The molecule has 6 nitrogen and oxygen atoms in total. The highest BCUT2D eigenvalue weighted by Crippen LogP contribution is 2.16. The molecule has 3 unspecified atom stereocenters. The third kappa shape index (κ3) is 41.8. The van der Waals surface area contributed by atoms with Crippen LogP contribution in [0.25, 0.3) is 0 Å². The van der Waals surface area contributed by atoms with Crippen molar-refractivity contribution in [1.29, 1.82) is 0 Å². The van der Waals surface area contributed by atoms with Gasteiger partial charge in [0.1, 0.15) is 6.10 Å². The van der Waals surface area contributed by atoms with E-state index in [0.29, 0.717) is 19.3 Å². The number of ether oxygens (including phenoxy) is 1. The Labute approximate surface area is 364 Å². The summed E-state index contributed by atoms with van der Waals surface area (Å²) < 4.78 is 5.79. The third-order valence-electron chi connectivity index (χ3n) is 10.7. The topological polar surface area (TPSA) is 95.9 Å². The highest BCUT2D eigenvalue weighted by atomic mass is 16.5. The van der Waals surface area contributed by atoms with Gasteiger partial charge in [-0.2, -0.15) is 0 Å². The lowest BCUT2D eigenvalue weighted by atomic mass is 10.0. The number of nitrogens with one attached hydrogen (secondary N) is 1. The van der Waals surface area contributed by atoms with Crippen LogP contribution >= 0.6 is 0 Å². The molecule has 0 radical (unpaired) electrons. The van der Waals surface area contributed by atoms with Crippen LogP contribution in [0.15, 0.2) is 72.9 Å². The van der Waals surface area contributed by atoms with E-state index < -0.39 is 18.2 Å². The highest BCUT2D eigenvalue weighted by Gasteiger charge is 2.23. The molecule has 3 atom stereocenters. The smallest absolute Gasteiger partial charge is 0.306 e. The number of esters is 1. The van der Waals surface area contributed by atoms with Gasteiger partial charge < -0.3 is 20.3 Å². The van der Waals surface area contributed by atoms with Crippen LogP contribution in [0.4, 0.5) is 0 Å². The van der Waals surface area contributed by atoms with E-state index in [2.05, 4.69) is 86.8 Å². The number of carbonyl (C=O) groups excluding carboxylic acids is 2. The van der Waals surface area contributed by atoms with E-state index in [1.807, 2.05) is 6.08 Å². The van der Waals surface area contributed by atoms with Gasteiger partial charge in [0.15, 0.2) is 0 Å². The lowest BCUT2D eigenvalue weighted by Crippen LogP contribution is -2.46. The molecule has 0 aliphatic rings. The minimum Gasteiger partial charge on any atom is -0.458 e. The van der Waals surface area contributed by atoms with E-state index in [-0.39, 0.29) is 24.9 Å². The fraction of sp³-hybridized carbons (Fsp3) is 0.736. The number of unbranched alkanes of at least 4 members (excludes halogenated alkanes) is 21. The fourth-order valence-corrected chi connectivity index (χ4v) is 7.04. The van der Waals surface area contributed by atoms with E-state index in [1.165, 1.54) is 96.3 Å². The van der Waals surface area contributed by atoms with Gasteiger partial charge in [-0.1, -0.05) is 216 Å². The maximum atomic E-state index is 13.1. The SMILES string of the molecule is CC/C=C/C/C=C/C/C=C/C/C=C/C/C=C/C(CC(=O)NC(CO)C(O)CCCCCCCCCCCCCCCCCC)OC(=O)CCCCCCC/C=C\CCC. The predicted molar refractivity (Wildman–Crippen MR) is 255 cm³/mol. The van der Waals surface area contributed by atoms with Crippen LogP contribution in [-0.2, 0) is 14.3 Å². The van der Waals surface area contributed by atoms with Crippen LogP contribution in [0.3, 0.4) is 0 Å². The molecule has 0 saturated carbocycles. The van der Waals surface area contributed by atoms with E-state index >= 15 is 0 Å². The Morgan fingerprint density at radius 2 is 0.983 bits per heavy atom. The van der Waals surface area contributed by atoms with Gasteiger partial charge in [0, 0.05) is 6.42 Å². The average Bonchev–Trinajstić information content (AvgIpc) is 3.23. The zero-order valence-electron chi connectivity index (χ0n) is 38.6. The van der Waals surface area contributed by atoms with E-state index in [1.54, 1.807) is 6.08 Å². The molecule has 3 N–H and O–H groups in total. The number of hydrogen-bond donors (Lipinski definition) is 3. The molecule has 0 saturated heterocycles. The minimum absolute atomic E-state index is 0.0513. The lowest BCUT2D eigenvalue weighted by molar-refractivity contribution is -0.148. The predicted octanol–water partition coefficient (Wildman–Crippen LogP) is 14.6. The first-order valence-electron chi connectivity index (χ1n) is 24.7. The second-order valence-electron chi connectivity index (χ2n) is 16.5. The van der Waals surface area contributed by atoms with Gasteiger partial charge >= 0.3 is 5.97 Å². The molecule has 0 heterocycles. The molecule has 0 aliphatic carbocycles. The number of aliphatic hydroxyl groups excluding tert-OH is 2. The Morgan fingerprint density at radius 1 is 0.525 bits per heavy atom. The molecular weight excluding hydrogens is 731 g/mol. The van der Waals surface area contributed by atoms with E-state index in [0.717, 1.165) is 83.5 Å². The molecule has 1 amide bonds. The summed E-state index contributed by atoms with van der Waals surface area (Å²) in [5.41, 5.74) is 0. The van der Waals surface area contributed by atoms with Crippen LogP contribution in [0, 0.1) is 0 Å². The Balaban J connectivity index is 4.67. The standard InChI is InChI=1S/C53H93NO5/c1-4-7-10-13-16-19-22-24-26-27-29-31-33-36-39-42-45-51(56)50(48-55)54-52(57)47-49(59-53(58)46-43-40-37-34-21-18-15-12-9-6-3)44-41-38-35-32-30-28-25-23-20-17-14-11-8-5-2/h8,11-12,15,17,20,25,28,32,35,41,44,49-51,55-56H,4-7,9-10,13-14,16,18-19,21-24,26-27,29-31,33-34,36-40,42-43,45-48H2,1-3H3,(H,54,57)/b11-8+,15-12-,20-17+,28-25+,35-32+,44-41+. The van der Waals surface area contributed by atoms with Crippen molar-refractivity contribution < 1.29 is 24.5 Å². The maximum Gasteiger partial charge on any atom is 0.306 e. The summed E-state index contributed by atoms with van der Waals surface area (Å²) in [4.78, 5) is 26.0. The molecule has 0 spiro atoms. The third-order valence-corrected chi connectivity index (χ3v) is 10.7. The molecule has 0 bridgehead atoms. The summed E-state index contributed by atoms with van der Waals surface area (Å²) in [7, 11) is 0. The molecule has 340 valence electrons. The summed E-state index contributed by atoms with van der Waals surface area (Å²) in [6, 6.07) is -0.745. The Kier molecular flexibility index (Phi) is 44.2. The van der Waals surface area contributed by atoms with Gasteiger partial charge in [-0.3, -0.25) is 9.59 Å². The monoisotopic (exact) mass is 824 g/mol. The number of allylic oxidation sites excluding steroid dienone is 11. The fourth-order valence-electron chi connectivity index (χ4n) is 7.04. The second kappa shape index (κ2) is 46.4. The molecule has 0 rings (SSSR count). The van der Waals surface area contributed by atoms with Crippen molar-refractivity contribution >= 4 is 11.9 Å². The van der Waals surface area contributed by atoms with Crippen molar-refractivity contribution in [2.24, 2.45) is 0 Å². The zero-order valence-corrected chi connectivity index (χ0v) is 38.6. The molecule has 0 aromatic carbocycles. The van der Waals surface area contributed by atoms with Gasteiger partial charge in [-0.05, 0) is 70.3 Å². The van der Waals surface area contributed by atoms with Crippen molar-refractivity contribution in [2.45, 2.75) is 244 Å². The largest absolute Gasteiger partial charge is 0.458 e. The summed E-state index contributed by atoms with van der Waals surface area (Å²) in [5.74, 6) is -0.644. The van der Waals surface area contributed by atoms with Gasteiger partial charge in [0.2, 0.25) is 5.91 Å². The summed E-state index contributed by atoms with van der Waals surface area (Å²) in [6.07, 6.45) is 58.5. The molecule has 59 heavy (non-hydrogen) atoms. The number of carbonyl (C=O) groups is 2. The number of rotatable bonds is 43. The molecule has 0 aliphatic heterocycles. The average molecular weight is 824 g/mol. The normalized spacial score (nSPS) is 13.9. The second-order valence-corrected chi connectivity index (χ2v) is 16.5. The number of amides is 1. The molecule has 0 aromatic heterocycles. The number of hydrogen-bond acceptors (Lipinski definition) is 5. The molecule has 6 heteroatoms. The highest BCUT2D eigenvalue weighted by molar-refractivity contribution is 5.78. The van der Waals surface area contributed by atoms with Crippen molar-refractivity contribution in [3.05, 3.63) is 72.9 Å². The van der Waals surface area contributed by atoms with Crippen LogP contribution in [-0.4, -0.2) is 46.9 Å². The van der Waals surface area contributed by atoms with Gasteiger partial charge in [-0.25, -0.2) is 0 Å². The quantitative estimate of drug-likeness (QED) is 0.0323. The van der Waals surface area contributed by atoms with Crippen molar-refractivity contribution in [1.82, 2.24) is 5.32 Å². The van der Waals surface area contributed by atoms with Crippen molar-refractivity contribution in [2.75, 3.05) is 6.61 Å². The molecule has 0 fully saturated rings. The summed E-state index contributed by atoms with van der Waals surface area (Å²) in [6.45, 7) is 6.26. The van der Waals surface area contributed by atoms with Gasteiger partial charge in [0.25, 0.3) is 0 Å². The van der Waals surface area contributed by atoms with Gasteiger partial charge in [0.05, 0.1) is 25.2 Å². The van der Waals surface area contributed by atoms with E-state index in [4.69, 9.17) is 4.74 Å². The first kappa shape index (κ1) is 56.3. The summed E-state index contributed by atoms with van der Waals surface area (Å²) >= 11 is 0. The number of aliphatic hydroxyl groups is 2. The minimum atomic E-state index is -0.822. The maximum absolute atomic E-state index is 13.1. The first-order chi connectivity index (χ1) is 29.0. The van der Waals surface area contributed by atoms with Crippen molar-refractivity contribution in [3.8, 4) is 0 Å². The molecule has 0 aromatic rings. The zero-order chi connectivity index (χ0) is 43.1. The first-order valence-corrected chi connectivity index (χ1v) is 24.7. The van der Waals surface area contributed by atoms with Gasteiger partial charge in [-0.15, -0.1) is 0 Å². The van der Waals surface area contributed by atoms with E-state index in [9.17, 15) is 19.8 Å². The van der Waals surface area contributed by atoms with Crippen molar-refractivity contribution in [3.63, 3.8) is 0 Å². The van der Waals surface area contributed by atoms with Crippen LogP contribution in [0.1, 0.15) is 226 Å². The molecular formula is C53H93NO5.